The van der Waals surface area contributed by atoms with Crippen molar-refractivity contribution < 1.29 is 13.9 Å². The van der Waals surface area contributed by atoms with E-state index in [1.165, 1.54) is 23.3 Å². The number of anilines is 2. The fourth-order valence-electron chi connectivity index (χ4n) is 3.88. The van der Waals surface area contributed by atoms with E-state index in [1.807, 2.05) is 18.2 Å². The van der Waals surface area contributed by atoms with Gasteiger partial charge in [-0.2, -0.15) is 0 Å². The van der Waals surface area contributed by atoms with Crippen molar-refractivity contribution in [2.45, 2.75) is 25.3 Å². The van der Waals surface area contributed by atoms with Gasteiger partial charge in [-0.05, 0) is 48.6 Å². The van der Waals surface area contributed by atoms with Crippen LogP contribution in [0.2, 0.25) is 0 Å². The van der Waals surface area contributed by atoms with Crippen LogP contribution in [0.5, 0.6) is 0 Å². The number of benzene rings is 2. The normalized spacial score (nSPS) is 19.3. The number of amides is 2. The van der Waals surface area contributed by atoms with Gasteiger partial charge in [-0.15, -0.1) is 0 Å². The lowest BCUT2D eigenvalue weighted by molar-refractivity contribution is 0.122. The molecule has 1 atom stereocenters. The number of carbonyl (C=O) groups excluding carboxylic acids is 1. The number of ether oxygens (including phenoxy) is 1. The van der Waals surface area contributed by atoms with E-state index < -0.39 is 0 Å². The summed E-state index contributed by atoms with van der Waals surface area (Å²) in [5.41, 5.74) is 3.68. The van der Waals surface area contributed by atoms with E-state index in [0.717, 1.165) is 24.9 Å². The SMILES string of the molecule is O=C(Nc1cc(F)cc(N2CCOCC2)c1)NC1CCCc2ccccc21. The Labute approximate surface area is 158 Å². The molecule has 2 aromatic carbocycles. The number of nitrogens with one attached hydrogen (secondary N) is 2. The fourth-order valence-corrected chi connectivity index (χ4v) is 3.88. The third-order valence-corrected chi connectivity index (χ3v) is 5.19. The number of rotatable bonds is 3. The van der Waals surface area contributed by atoms with Crippen molar-refractivity contribution in [2.24, 2.45) is 0 Å². The van der Waals surface area contributed by atoms with Crippen molar-refractivity contribution in [3.05, 3.63) is 59.4 Å². The van der Waals surface area contributed by atoms with Crippen LogP contribution in [0.3, 0.4) is 0 Å². The van der Waals surface area contributed by atoms with Crippen LogP contribution in [0.15, 0.2) is 42.5 Å². The quantitative estimate of drug-likeness (QED) is 0.864. The molecule has 1 saturated heterocycles. The molecule has 0 saturated carbocycles. The van der Waals surface area contributed by atoms with E-state index in [-0.39, 0.29) is 17.9 Å². The van der Waals surface area contributed by atoms with Gasteiger partial charge in [0, 0.05) is 24.5 Å². The standard InChI is InChI=1S/C21H24FN3O2/c22-16-12-17(14-18(13-16)25-8-10-27-11-9-25)23-21(26)24-20-7-3-5-15-4-1-2-6-19(15)20/h1-2,4,6,12-14,20H,3,5,7-11H2,(H2,23,24,26). The van der Waals surface area contributed by atoms with Gasteiger partial charge in [-0.25, -0.2) is 9.18 Å². The molecule has 2 aliphatic rings. The summed E-state index contributed by atoms with van der Waals surface area (Å²) in [6.07, 6.45) is 3.00. The largest absolute Gasteiger partial charge is 0.378 e. The number of fused-ring (bicyclic) bond motifs is 1. The van der Waals surface area contributed by atoms with Crippen LogP contribution < -0.4 is 15.5 Å². The summed E-state index contributed by atoms with van der Waals surface area (Å²) in [5, 5.41) is 5.83. The molecular formula is C21H24FN3O2. The highest BCUT2D eigenvalue weighted by molar-refractivity contribution is 5.90. The van der Waals surface area contributed by atoms with Gasteiger partial charge < -0.3 is 20.3 Å². The molecule has 2 aromatic rings. The number of aryl methyl sites for hydroxylation is 1. The minimum Gasteiger partial charge on any atom is -0.378 e. The van der Waals surface area contributed by atoms with Crippen LogP contribution in [0.1, 0.15) is 30.0 Å². The fraction of sp³-hybridized carbons (Fsp3) is 0.381. The smallest absolute Gasteiger partial charge is 0.319 e. The van der Waals surface area contributed by atoms with Gasteiger partial charge in [-0.1, -0.05) is 24.3 Å². The molecule has 1 aliphatic heterocycles. The molecule has 0 spiro atoms. The van der Waals surface area contributed by atoms with Crippen LogP contribution in [-0.2, 0) is 11.2 Å². The highest BCUT2D eigenvalue weighted by Gasteiger charge is 2.21. The Hall–Kier alpha value is -2.60. The molecule has 0 radical (unpaired) electrons. The zero-order valence-corrected chi connectivity index (χ0v) is 15.2. The van der Waals surface area contributed by atoms with Gasteiger partial charge >= 0.3 is 6.03 Å². The van der Waals surface area contributed by atoms with Crippen molar-refractivity contribution in [3.63, 3.8) is 0 Å². The highest BCUT2D eigenvalue weighted by atomic mass is 19.1. The van der Waals surface area contributed by atoms with Crippen molar-refractivity contribution in [2.75, 3.05) is 36.5 Å². The van der Waals surface area contributed by atoms with Crippen LogP contribution in [-0.4, -0.2) is 32.3 Å². The zero-order valence-electron chi connectivity index (χ0n) is 15.2. The number of nitrogens with zero attached hydrogens (tertiary/aromatic N) is 1. The maximum absolute atomic E-state index is 14.1. The van der Waals surface area contributed by atoms with E-state index in [0.29, 0.717) is 32.0 Å². The minimum absolute atomic E-state index is 0.0118. The molecule has 142 valence electrons. The Morgan fingerprint density at radius 2 is 1.96 bits per heavy atom. The second-order valence-electron chi connectivity index (χ2n) is 7.04. The first-order valence-electron chi connectivity index (χ1n) is 9.48. The molecule has 1 fully saturated rings. The van der Waals surface area contributed by atoms with Gasteiger partial charge in [0.1, 0.15) is 5.82 Å². The summed E-state index contributed by atoms with van der Waals surface area (Å²) in [5.74, 6) is -0.364. The summed E-state index contributed by atoms with van der Waals surface area (Å²) in [7, 11) is 0. The molecular weight excluding hydrogens is 345 g/mol. The van der Waals surface area contributed by atoms with Crippen LogP contribution in [0.25, 0.3) is 0 Å². The van der Waals surface area contributed by atoms with Gasteiger partial charge in [0.25, 0.3) is 0 Å². The van der Waals surface area contributed by atoms with Crippen molar-refractivity contribution in [1.29, 1.82) is 0 Å². The lowest BCUT2D eigenvalue weighted by Crippen LogP contribution is -2.36. The Bertz CT molecular complexity index is 821. The Balaban J connectivity index is 1.45. The number of hydrogen-bond donors (Lipinski definition) is 2. The number of hydrogen-bond acceptors (Lipinski definition) is 3. The zero-order chi connectivity index (χ0) is 18.6. The number of halogens is 1. The predicted octanol–water partition coefficient (Wildman–Crippen LogP) is 3.86. The van der Waals surface area contributed by atoms with Gasteiger partial charge in [0.05, 0.1) is 19.3 Å². The molecule has 1 aliphatic carbocycles. The average molecular weight is 369 g/mol. The van der Waals surface area contributed by atoms with E-state index in [1.54, 1.807) is 0 Å². The summed E-state index contributed by atoms with van der Waals surface area (Å²) in [4.78, 5) is 14.6. The maximum Gasteiger partial charge on any atom is 0.319 e. The summed E-state index contributed by atoms with van der Waals surface area (Å²) < 4.78 is 19.4. The van der Waals surface area contributed by atoms with E-state index in [2.05, 4.69) is 27.7 Å². The number of carbonyl (C=O) groups is 1. The van der Waals surface area contributed by atoms with Crippen LogP contribution in [0, 0.1) is 5.82 Å². The molecule has 1 heterocycles. The Morgan fingerprint density at radius 1 is 1.15 bits per heavy atom. The van der Waals surface area contributed by atoms with E-state index in [4.69, 9.17) is 4.74 Å². The van der Waals surface area contributed by atoms with Gasteiger partial charge in [0.2, 0.25) is 0 Å². The molecule has 6 heteroatoms. The molecule has 1 unspecified atom stereocenters. The maximum atomic E-state index is 14.1. The van der Waals surface area contributed by atoms with Crippen molar-refractivity contribution >= 4 is 17.4 Å². The Morgan fingerprint density at radius 3 is 2.81 bits per heavy atom. The van der Waals surface area contributed by atoms with Gasteiger partial charge in [-0.3, -0.25) is 0 Å². The molecule has 2 amide bonds. The molecule has 0 aromatic heterocycles. The second-order valence-corrected chi connectivity index (χ2v) is 7.04. The van der Waals surface area contributed by atoms with Crippen molar-refractivity contribution in [1.82, 2.24) is 5.32 Å². The monoisotopic (exact) mass is 369 g/mol. The lowest BCUT2D eigenvalue weighted by atomic mass is 9.88. The molecule has 2 N–H and O–H groups in total. The average Bonchev–Trinajstić information content (AvgIpc) is 2.68. The third-order valence-electron chi connectivity index (χ3n) is 5.19. The Kier molecular flexibility index (Phi) is 5.25. The molecule has 27 heavy (non-hydrogen) atoms. The molecule has 4 rings (SSSR count). The number of morpholine rings is 1. The minimum atomic E-state index is -0.364. The van der Waals surface area contributed by atoms with Gasteiger partial charge in [0.15, 0.2) is 0 Å². The molecule has 5 nitrogen and oxygen atoms in total. The first-order chi connectivity index (χ1) is 13.2. The van der Waals surface area contributed by atoms with Crippen LogP contribution >= 0.6 is 0 Å². The predicted molar refractivity (Wildman–Crippen MR) is 104 cm³/mol. The molecule has 0 bridgehead atoms. The van der Waals surface area contributed by atoms with Crippen LogP contribution in [0.4, 0.5) is 20.6 Å². The second kappa shape index (κ2) is 7.96. The summed E-state index contributed by atoms with van der Waals surface area (Å²) in [6.45, 7) is 2.68. The summed E-state index contributed by atoms with van der Waals surface area (Å²) in [6, 6.07) is 12.5. The van der Waals surface area contributed by atoms with Crippen molar-refractivity contribution in [3.8, 4) is 0 Å². The van der Waals surface area contributed by atoms with E-state index >= 15 is 0 Å². The number of urea groups is 1. The highest BCUT2D eigenvalue weighted by Crippen LogP contribution is 2.29. The lowest BCUT2D eigenvalue weighted by Gasteiger charge is -2.29. The first-order valence-corrected chi connectivity index (χ1v) is 9.48. The summed E-state index contributed by atoms with van der Waals surface area (Å²) >= 11 is 0. The topological polar surface area (TPSA) is 53.6 Å². The van der Waals surface area contributed by atoms with E-state index in [9.17, 15) is 9.18 Å². The third kappa shape index (κ3) is 4.22. The first kappa shape index (κ1) is 17.8.